The highest BCUT2D eigenvalue weighted by molar-refractivity contribution is 6.30. The molecule has 30 heavy (non-hydrogen) atoms. The lowest BCUT2D eigenvalue weighted by Gasteiger charge is -2.29. The largest absolute Gasteiger partial charge is 0.322 e. The molecular formula is C24H26ClN3O2. The van der Waals surface area contributed by atoms with Crippen LogP contribution in [-0.4, -0.2) is 22.0 Å². The lowest BCUT2D eigenvalue weighted by atomic mass is 10.0. The number of aryl methyl sites for hydroxylation is 2. The van der Waals surface area contributed by atoms with Crippen molar-refractivity contribution in [3.8, 4) is 0 Å². The first-order valence-electron chi connectivity index (χ1n) is 10.4. The molecule has 1 aliphatic carbocycles. The number of aromatic nitrogens is 1. The van der Waals surface area contributed by atoms with Gasteiger partial charge >= 0.3 is 6.03 Å². The van der Waals surface area contributed by atoms with Crippen molar-refractivity contribution in [1.82, 2.24) is 9.88 Å². The molecule has 6 heteroatoms. The van der Waals surface area contributed by atoms with Gasteiger partial charge in [-0.15, -0.1) is 0 Å². The number of amides is 2. The Labute approximate surface area is 181 Å². The van der Waals surface area contributed by atoms with Crippen LogP contribution in [0.5, 0.6) is 0 Å². The number of rotatable bonds is 4. The number of nitrogens with zero attached hydrogens (tertiary/aromatic N) is 1. The van der Waals surface area contributed by atoms with Crippen molar-refractivity contribution in [2.45, 2.75) is 52.1 Å². The van der Waals surface area contributed by atoms with Crippen LogP contribution in [0.15, 0.2) is 47.3 Å². The summed E-state index contributed by atoms with van der Waals surface area (Å²) in [6.07, 6.45) is 4.11. The number of H-pyrrole nitrogens is 1. The van der Waals surface area contributed by atoms with Crippen LogP contribution in [0.4, 0.5) is 10.5 Å². The van der Waals surface area contributed by atoms with Crippen LogP contribution in [-0.2, 0) is 6.54 Å². The van der Waals surface area contributed by atoms with Gasteiger partial charge in [0.15, 0.2) is 0 Å². The van der Waals surface area contributed by atoms with Crippen LogP contribution in [0, 0.1) is 13.8 Å². The maximum absolute atomic E-state index is 13.1. The molecule has 2 aromatic carbocycles. The van der Waals surface area contributed by atoms with E-state index in [0.717, 1.165) is 47.7 Å². The molecule has 1 fully saturated rings. The fraction of sp³-hybridized carbons (Fsp3) is 0.333. The van der Waals surface area contributed by atoms with E-state index in [-0.39, 0.29) is 24.2 Å². The summed E-state index contributed by atoms with van der Waals surface area (Å²) in [6, 6.07) is 13.0. The normalized spacial score (nSPS) is 14.2. The second kappa shape index (κ2) is 8.52. The zero-order valence-electron chi connectivity index (χ0n) is 17.3. The highest BCUT2D eigenvalue weighted by Gasteiger charge is 2.27. The number of carbonyl (C=O) groups excluding carboxylic acids is 1. The Morgan fingerprint density at radius 1 is 1.13 bits per heavy atom. The van der Waals surface area contributed by atoms with E-state index in [1.54, 1.807) is 29.2 Å². The van der Waals surface area contributed by atoms with Crippen LogP contribution in [0.1, 0.15) is 42.4 Å². The van der Waals surface area contributed by atoms with Crippen molar-refractivity contribution in [3.05, 3.63) is 74.5 Å². The molecule has 4 rings (SSSR count). The third-order valence-corrected chi connectivity index (χ3v) is 6.34. The van der Waals surface area contributed by atoms with Crippen LogP contribution >= 0.6 is 11.6 Å². The molecule has 0 bridgehead atoms. The van der Waals surface area contributed by atoms with Gasteiger partial charge in [0, 0.05) is 22.3 Å². The zero-order chi connectivity index (χ0) is 21.3. The number of pyridine rings is 1. The van der Waals surface area contributed by atoms with Gasteiger partial charge in [-0.2, -0.15) is 0 Å². The van der Waals surface area contributed by atoms with Crippen LogP contribution in [0.25, 0.3) is 10.9 Å². The highest BCUT2D eigenvalue weighted by atomic mass is 35.5. The number of carbonyl (C=O) groups is 1. The average Bonchev–Trinajstić information content (AvgIpc) is 3.26. The third kappa shape index (κ3) is 4.21. The lowest BCUT2D eigenvalue weighted by Crippen LogP contribution is -2.42. The molecule has 1 aromatic heterocycles. The van der Waals surface area contributed by atoms with Gasteiger partial charge in [-0.25, -0.2) is 4.79 Å². The van der Waals surface area contributed by atoms with E-state index in [4.69, 9.17) is 11.6 Å². The molecule has 0 saturated heterocycles. The molecule has 1 aliphatic rings. The van der Waals surface area contributed by atoms with Gasteiger partial charge < -0.3 is 15.2 Å². The quantitative estimate of drug-likeness (QED) is 0.559. The number of fused-ring (bicyclic) bond motifs is 1. The predicted molar refractivity (Wildman–Crippen MR) is 122 cm³/mol. The van der Waals surface area contributed by atoms with Crippen LogP contribution < -0.4 is 10.9 Å². The lowest BCUT2D eigenvalue weighted by molar-refractivity contribution is 0.184. The number of hydrogen-bond donors (Lipinski definition) is 2. The van der Waals surface area contributed by atoms with E-state index in [2.05, 4.69) is 16.4 Å². The van der Waals surface area contributed by atoms with Crippen molar-refractivity contribution in [2.24, 2.45) is 0 Å². The first-order valence-corrected chi connectivity index (χ1v) is 10.8. The van der Waals surface area contributed by atoms with Gasteiger partial charge in [-0.05, 0) is 73.5 Å². The van der Waals surface area contributed by atoms with E-state index < -0.39 is 0 Å². The van der Waals surface area contributed by atoms with Gasteiger partial charge in [-0.1, -0.05) is 36.6 Å². The third-order valence-electron chi connectivity index (χ3n) is 6.09. The van der Waals surface area contributed by atoms with Gasteiger partial charge in [-0.3, -0.25) is 4.79 Å². The summed E-state index contributed by atoms with van der Waals surface area (Å²) in [5.74, 6) is 0. The van der Waals surface area contributed by atoms with Gasteiger partial charge in [0.2, 0.25) is 0 Å². The smallest absolute Gasteiger partial charge is 0.321 e. The summed E-state index contributed by atoms with van der Waals surface area (Å²) in [4.78, 5) is 30.8. The molecular weight excluding hydrogens is 398 g/mol. The monoisotopic (exact) mass is 423 g/mol. The van der Waals surface area contributed by atoms with E-state index in [0.29, 0.717) is 16.3 Å². The minimum absolute atomic E-state index is 0.132. The van der Waals surface area contributed by atoms with Crippen molar-refractivity contribution in [1.29, 1.82) is 0 Å². The number of halogens is 1. The molecule has 2 amide bonds. The summed E-state index contributed by atoms with van der Waals surface area (Å²) in [7, 11) is 0. The molecule has 1 heterocycles. The number of benzene rings is 2. The Balaban J connectivity index is 1.64. The Hall–Kier alpha value is -2.79. The highest BCUT2D eigenvalue weighted by Crippen LogP contribution is 2.26. The van der Waals surface area contributed by atoms with E-state index >= 15 is 0 Å². The fourth-order valence-electron chi connectivity index (χ4n) is 4.18. The summed E-state index contributed by atoms with van der Waals surface area (Å²) in [6.45, 7) is 4.32. The number of urea groups is 1. The number of anilines is 1. The SMILES string of the molecule is Cc1ccc2cc(CN(C(=O)Nc3ccc(Cl)cc3)C3CCCC3)c(=O)[nH]c2c1C. The molecule has 0 unspecified atom stereocenters. The second-order valence-electron chi connectivity index (χ2n) is 8.10. The minimum Gasteiger partial charge on any atom is -0.321 e. The fourth-order valence-corrected chi connectivity index (χ4v) is 4.31. The average molecular weight is 424 g/mol. The van der Waals surface area contributed by atoms with Crippen molar-refractivity contribution in [3.63, 3.8) is 0 Å². The van der Waals surface area contributed by atoms with E-state index in [9.17, 15) is 9.59 Å². The Morgan fingerprint density at radius 3 is 2.53 bits per heavy atom. The standard InChI is InChI=1S/C24H26ClN3O2/c1-15-7-8-17-13-18(23(29)27-22(17)16(15)2)14-28(21-5-3-4-6-21)24(30)26-20-11-9-19(25)10-12-20/h7-13,21H,3-6,14H2,1-2H3,(H,26,30)(H,27,29). The minimum atomic E-state index is -0.191. The van der Waals surface area contributed by atoms with Crippen LogP contribution in [0.2, 0.25) is 5.02 Å². The van der Waals surface area contributed by atoms with E-state index in [1.165, 1.54) is 0 Å². The van der Waals surface area contributed by atoms with Crippen molar-refractivity contribution in [2.75, 3.05) is 5.32 Å². The number of nitrogens with one attached hydrogen (secondary N) is 2. The molecule has 2 N–H and O–H groups in total. The van der Waals surface area contributed by atoms with Crippen molar-refractivity contribution < 1.29 is 4.79 Å². The molecule has 0 atom stereocenters. The second-order valence-corrected chi connectivity index (χ2v) is 8.54. The molecule has 0 aliphatic heterocycles. The summed E-state index contributed by atoms with van der Waals surface area (Å²) < 4.78 is 0. The van der Waals surface area contributed by atoms with Gasteiger partial charge in [0.1, 0.15) is 0 Å². The molecule has 0 radical (unpaired) electrons. The maximum Gasteiger partial charge on any atom is 0.322 e. The van der Waals surface area contributed by atoms with Gasteiger partial charge in [0.05, 0.1) is 12.1 Å². The number of aromatic amines is 1. The van der Waals surface area contributed by atoms with Crippen LogP contribution in [0.3, 0.4) is 0 Å². The Kier molecular flexibility index (Phi) is 5.82. The Bertz CT molecular complexity index is 1130. The van der Waals surface area contributed by atoms with E-state index in [1.807, 2.05) is 26.0 Å². The van der Waals surface area contributed by atoms with Gasteiger partial charge in [0.25, 0.3) is 5.56 Å². The number of hydrogen-bond acceptors (Lipinski definition) is 2. The first kappa shape index (κ1) is 20.5. The maximum atomic E-state index is 13.1. The molecule has 5 nitrogen and oxygen atoms in total. The summed E-state index contributed by atoms with van der Waals surface area (Å²) >= 11 is 5.95. The molecule has 3 aromatic rings. The molecule has 156 valence electrons. The molecule has 1 saturated carbocycles. The predicted octanol–water partition coefficient (Wildman–Crippen LogP) is 5.78. The van der Waals surface area contributed by atoms with Crippen molar-refractivity contribution >= 4 is 34.2 Å². The molecule has 0 spiro atoms. The topological polar surface area (TPSA) is 65.2 Å². The first-order chi connectivity index (χ1) is 14.4. The zero-order valence-corrected chi connectivity index (χ0v) is 18.1. The Morgan fingerprint density at radius 2 is 1.83 bits per heavy atom. The summed E-state index contributed by atoms with van der Waals surface area (Å²) in [5, 5.41) is 4.56. The summed E-state index contributed by atoms with van der Waals surface area (Å²) in [5.41, 5.74) is 4.22.